The van der Waals surface area contributed by atoms with Crippen molar-refractivity contribution < 1.29 is 37.2 Å². The molecular weight excluding hydrogens is 562 g/mol. The summed E-state index contributed by atoms with van der Waals surface area (Å²) in [5, 5.41) is 16.9. The standard InChI is InChI=1S/C30H33N3O8S/c1-17(2)27(29(36)31-18(3)28(35)32-20-13-12-19(15-34)26(14-20)42(38,39)40)33-30(37)41-16-25-23-10-6-4-8-21(23)22-9-5-7-11-24(22)25/h4-14,17-18,25,27,34H,15-16H2,1-3H3,(H,31,36)(H,32,35)(H,33,37)(H,38,39,40). The fourth-order valence-electron chi connectivity index (χ4n) is 4.92. The van der Waals surface area contributed by atoms with Gasteiger partial charge in [0.25, 0.3) is 10.1 Å². The van der Waals surface area contributed by atoms with Crippen molar-refractivity contribution in [3.8, 4) is 11.1 Å². The SMILES string of the molecule is CC(NC(=O)C(NC(=O)OCC1c2ccccc2-c2ccccc21)C(C)C)C(=O)Nc1ccc(CO)c(S(=O)(=O)O)c1. The van der Waals surface area contributed by atoms with Gasteiger partial charge in [-0.25, -0.2) is 4.79 Å². The Hall–Kier alpha value is -4.26. The van der Waals surface area contributed by atoms with Crippen LogP contribution in [0.1, 0.15) is 43.4 Å². The Morgan fingerprint density at radius 3 is 2.02 bits per heavy atom. The number of rotatable bonds is 10. The van der Waals surface area contributed by atoms with Gasteiger partial charge in [0, 0.05) is 11.6 Å². The van der Waals surface area contributed by atoms with Crippen molar-refractivity contribution in [3.63, 3.8) is 0 Å². The summed E-state index contributed by atoms with van der Waals surface area (Å²) in [6.45, 7) is 4.33. The van der Waals surface area contributed by atoms with Crippen LogP contribution in [-0.4, -0.2) is 54.7 Å². The van der Waals surface area contributed by atoms with E-state index in [2.05, 4.69) is 16.0 Å². The molecule has 5 N–H and O–H groups in total. The first kappa shape index (κ1) is 30.7. The van der Waals surface area contributed by atoms with Crippen molar-refractivity contribution in [2.24, 2.45) is 5.92 Å². The quantitative estimate of drug-likeness (QED) is 0.222. The summed E-state index contributed by atoms with van der Waals surface area (Å²) < 4.78 is 38.2. The number of benzene rings is 3. The van der Waals surface area contributed by atoms with E-state index in [1.807, 2.05) is 48.5 Å². The van der Waals surface area contributed by atoms with E-state index in [0.29, 0.717) is 0 Å². The fraction of sp³-hybridized carbons (Fsp3) is 0.300. The minimum atomic E-state index is -4.65. The van der Waals surface area contributed by atoms with Crippen molar-refractivity contribution in [3.05, 3.63) is 83.4 Å². The van der Waals surface area contributed by atoms with Crippen LogP contribution in [0.3, 0.4) is 0 Å². The lowest BCUT2D eigenvalue weighted by atomic mass is 9.98. The van der Waals surface area contributed by atoms with Crippen LogP contribution in [-0.2, 0) is 31.1 Å². The zero-order valence-electron chi connectivity index (χ0n) is 23.3. The predicted octanol–water partition coefficient (Wildman–Crippen LogP) is 3.43. The third kappa shape index (κ3) is 6.78. The molecule has 222 valence electrons. The Kier molecular flexibility index (Phi) is 9.30. The lowest BCUT2D eigenvalue weighted by Gasteiger charge is -2.24. The minimum Gasteiger partial charge on any atom is -0.449 e. The van der Waals surface area contributed by atoms with Crippen molar-refractivity contribution in [1.82, 2.24) is 10.6 Å². The van der Waals surface area contributed by atoms with Crippen molar-refractivity contribution >= 4 is 33.7 Å². The highest BCUT2D eigenvalue weighted by atomic mass is 32.2. The van der Waals surface area contributed by atoms with Gasteiger partial charge in [-0.2, -0.15) is 8.42 Å². The smallest absolute Gasteiger partial charge is 0.407 e. The van der Waals surface area contributed by atoms with Crippen LogP contribution >= 0.6 is 0 Å². The highest BCUT2D eigenvalue weighted by Gasteiger charge is 2.31. The molecule has 0 bridgehead atoms. The van der Waals surface area contributed by atoms with Crippen LogP contribution in [0.4, 0.5) is 10.5 Å². The number of anilines is 1. The number of amides is 3. The molecule has 42 heavy (non-hydrogen) atoms. The van der Waals surface area contributed by atoms with Crippen molar-refractivity contribution in [2.45, 2.75) is 50.3 Å². The number of ether oxygens (including phenoxy) is 1. The molecule has 0 saturated carbocycles. The van der Waals surface area contributed by atoms with Gasteiger partial charge < -0.3 is 25.8 Å². The second-order valence-electron chi connectivity index (χ2n) is 10.4. The maximum atomic E-state index is 13.0. The first-order valence-corrected chi connectivity index (χ1v) is 14.8. The summed E-state index contributed by atoms with van der Waals surface area (Å²) in [6, 6.07) is 17.4. The van der Waals surface area contributed by atoms with Gasteiger partial charge in [-0.1, -0.05) is 68.4 Å². The van der Waals surface area contributed by atoms with E-state index in [1.165, 1.54) is 19.1 Å². The second-order valence-corrected chi connectivity index (χ2v) is 11.8. The third-order valence-corrected chi connectivity index (χ3v) is 8.04. The molecule has 2 unspecified atom stereocenters. The molecule has 3 aromatic rings. The molecule has 3 aromatic carbocycles. The molecule has 3 amide bonds. The van der Waals surface area contributed by atoms with Gasteiger partial charge in [0.05, 0.1) is 6.61 Å². The topological polar surface area (TPSA) is 171 Å². The molecular formula is C30H33N3O8S. The number of aliphatic hydroxyl groups is 1. The molecule has 0 aliphatic heterocycles. The number of hydrogen-bond acceptors (Lipinski definition) is 7. The summed E-state index contributed by atoms with van der Waals surface area (Å²) in [5.41, 5.74) is 4.28. The number of aliphatic hydroxyl groups excluding tert-OH is 1. The van der Waals surface area contributed by atoms with Gasteiger partial charge in [-0.05, 0) is 52.8 Å². The summed E-state index contributed by atoms with van der Waals surface area (Å²) in [4.78, 5) is 38.0. The van der Waals surface area contributed by atoms with Crippen LogP contribution in [0.15, 0.2) is 71.6 Å². The maximum absolute atomic E-state index is 13.0. The maximum Gasteiger partial charge on any atom is 0.407 e. The zero-order chi connectivity index (χ0) is 30.6. The summed E-state index contributed by atoms with van der Waals surface area (Å²) in [6.07, 6.45) is -0.774. The van der Waals surface area contributed by atoms with Gasteiger partial charge in [-0.15, -0.1) is 0 Å². The van der Waals surface area contributed by atoms with Gasteiger partial charge >= 0.3 is 6.09 Å². The van der Waals surface area contributed by atoms with Crippen LogP contribution in [0.5, 0.6) is 0 Å². The number of carbonyl (C=O) groups excluding carboxylic acids is 3. The second kappa shape index (κ2) is 12.7. The molecule has 11 nitrogen and oxygen atoms in total. The molecule has 0 saturated heterocycles. The van der Waals surface area contributed by atoms with E-state index in [9.17, 15) is 32.5 Å². The lowest BCUT2D eigenvalue weighted by molar-refractivity contribution is -0.128. The van der Waals surface area contributed by atoms with E-state index < -0.39 is 51.6 Å². The monoisotopic (exact) mass is 595 g/mol. The molecule has 0 heterocycles. The molecule has 0 aromatic heterocycles. The molecule has 0 fully saturated rings. The Morgan fingerprint density at radius 2 is 1.48 bits per heavy atom. The Balaban J connectivity index is 1.36. The van der Waals surface area contributed by atoms with Gasteiger partial charge in [0.2, 0.25) is 11.8 Å². The van der Waals surface area contributed by atoms with Crippen LogP contribution in [0, 0.1) is 5.92 Å². The van der Waals surface area contributed by atoms with Gasteiger partial charge in [0.15, 0.2) is 0 Å². The number of carbonyl (C=O) groups is 3. The first-order valence-electron chi connectivity index (χ1n) is 13.3. The van der Waals surface area contributed by atoms with E-state index >= 15 is 0 Å². The average molecular weight is 596 g/mol. The van der Waals surface area contributed by atoms with Crippen molar-refractivity contribution in [2.75, 3.05) is 11.9 Å². The van der Waals surface area contributed by atoms with E-state index in [1.54, 1.807) is 13.8 Å². The number of fused-ring (bicyclic) bond motifs is 3. The van der Waals surface area contributed by atoms with Gasteiger partial charge in [-0.3, -0.25) is 14.1 Å². The Labute approximate surface area is 244 Å². The molecule has 2 atom stereocenters. The highest BCUT2D eigenvalue weighted by molar-refractivity contribution is 7.85. The van der Waals surface area contributed by atoms with Crippen LogP contribution < -0.4 is 16.0 Å². The molecule has 0 radical (unpaired) electrons. The normalized spacial score (nSPS) is 14.0. The molecule has 1 aliphatic rings. The van der Waals surface area contributed by atoms with E-state index in [4.69, 9.17) is 4.74 Å². The molecule has 4 rings (SSSR count). The largest absolute Gasteiger partial charge is 0.449 e. The third-order valence-electron chi connectivity index (χ3n) is 7.10. The fourth-order valence-corrected chi connectivity index (χ4v) is 5.66. The van der Waals surface area contributed by atoms with Crippen LogP contribution in [0.2, 0.25) is 0 Å². The first-order chi connectivity index (χ1) is 19.9. The summed E-state index contributed by atoms with van der Waals surface area (Å²) in [5.74, 6) is -1.78. The summed E-state index contributed by atoms with van der Waals surface area (Å²) in [7, 11) is -4.65. The Morgan fingerprint density at radius 1 is 0.881 bits per heavy atom. The molecule has 0 spiro atoms. The molecule has 1 aliphatic carbocycles. The predicted molar refractivity (Wildman–Crippen MR) is 155 cm³/mol. The zero-order valence-corrected chi connectivity index (χ0v) is 24.1. The summed E-state index contributed by atoms with van der Waals surface area (Å²) >= 11 is 0. The number of nitrogens with one attached hydrogen (secondary N) is 3. The number of alkyl carbamates (subject to hydrolysis) is 1. The minimum absolute atomic E-state index is 0.0306. The molecule has 12 heteroatoms. The van der Waals surface area contributed by atoms with Crippen LogP contribution in [0.25, 0.3) is 11.1 Å². The lowest BCUT2D eigenvalue weighted by Crippen LogP contribution is -2.53. The highest BCUT2D eigenvalue weighted by Crippen LogP contribution is 2.44. The number of hydrogen-bond donors (Lipinski definition) is 5. The van der Waals surface area contributed by atoms with E-state index in [0.717, 1.165) is 28.3 Å². The average Bonchev–Trinajstić information content (AvgIpc) is 3.27. The Bertz CT molecular complexity index is 1560. The van der Waals surface area contributed by atoms with E-state index in [-0.39, 0.29) is 29.7 Å². The van der Waals surface area contributed by atoms with Crippen molar-refractivity contribution in [1.29, 1.82) is 0 Å². The van der Waals surface area contributed by atoms with Gasteiger partial charge in [0.1, 0.15) is 23.6 Å².